The van der Waals surface area contributed by atoms with Gasteiger partial charge in [0, 0.05) is 17.8 Å². The van der Waals surface area contributed by atoms with Gasteiger partial charge in [0.1, 0.15) is 5.82 Å². The molecule has 0 fully saturated rings. The zero-order valence-corrected chi connectivity index (χ0v) is 10.5. The molecule has 0 aliphatic carbocycles. The lowest BCUT2D eigenvalue weighted by atomic mass is 10.2. The van der Waals surface area contributed by atoms with Crippen LogP contribution in [-0.2, 0) is 9.59 Å². The molecule has 0 saturated carbocycles. The SMILES string of the molecule is CC(=O)N(c1cc2ccccc2[nH]1)[C@](C)(O)C(=O)O. The van der Waals surface area contributed by atoms with Gasteiger partial charge in [0.25, 0.3) is 0 Å². The van der Waals surface area contributed by atoms with E-state index in [0.29, 0.717) is 0 Å². The second kappa shape index (κ2) is 4.40. The molecule has 1 heterocycles. The number of aromatic nitrogens is 1. The number of nitrogens with zero attached hydrogens (tertiary/aromatic N) is 1. The Labute approximate surface area is 109 Å². The predicted octanol–water partition coefficient (Wildman–Crippen LogP) is 1.31. The molecule has 0 bridgehead atoms. The van der Waals surface area contributed by atoms with Gasteiger partial charge in [-0.3, -0.25) is 9.69 Å². The molecule has 6 nitrogen and oxygen atoms in total. The number of aliphatic carboxylic acids is 1. The summed E-state index contributed by atoms with van der Waals surface area (Å²) in [5.41, 5.74) is -1.56. The number of carboxylic acids is 1. The molecule has 1 amide bonds. The Balaban J connectivity index is 2.56. The minimum absolute atomic E-state index is 0.237. The van der Waals surface area contributed by atoms with Crippen molar-refractivity contribution in [2.24, 2.45) is 0 Å². The number of hydrogen-bond donors (Lipinski definition) is 3. The van der Waals surface area contributed by atoms with E-state index in [4.69, 9.17) is 5.11 Å². The smallest absolute Gasteiger partial charge is 0.357 e. The number of nitrogens with one attached hydrogen (secondary N) is 1. The molecule has 0 unspecified atom stereocenters. The maximum absolute atomic E-state index is 11.7. The van der Waals surface area contributed by atoms with Crippen molar-refractivity contribution in [2.75, 3.05) is 4.90 Å². The lowest BCUT2D eigenvalue weighted by Crippen LogP contribution is -2.55. The van der Waals surface area contributed by atoms with Crippen molar-refractivity contribution in [1.29, 1.82) is 0 Å². The number of aliphatic hydroxyl groups is 1. The largest absolute Gasteiger partial charge is 0.478 e. The molecule has 6 heteroatoms. The van der Waals surface area contributed by atoms with Crippen LogP contribution < -0.4 is 4.90 Å². The van der Waals surface area contributed by atoms with Crippen LogP contribution in [0.25, 0.3) is 10.9 Å². The van der Waals surface area contributed by atoms with Gasteiger partial charge in [-0.2, -0.15) is 0 Å². The highest BCUT2D eigenvalue weighted by Gasteiger charge is 2.41. The molecule has 100 valence electrons. The van der Waals surface area contributed by atoms with Crippen molar-refractivity contribution in [3.8, 4) is 0 Å². The van der Waals surface area contributed by atoms with Crippen LogP contribution in [0.3, 0.4) is 0 Å². The van der Waals surface area contributed by atoms with Crippen molar-refractivity contribution in [1.82, 2.24) is 4.98 Å². The number of para-hydroxylation sites is 1. The second-order valence-corrected chi connectivity index (χ2v) is 4.42. The van der Waals surface area contributed by atoms with E-state index in [1.165, 1.54) is 6.92 Å². The summed E-state index contributed by atoms with van der Waals surface area (Å²) in [4.78, 5) is 26.5. The molecule has 0 aliphatic rings. The van der Waals surface area contributed by atoms with E-state index in [9.17, 15) is 14.7 Å². The average Bonchev–Trinajstić information content (AvgIpc) is 2.70. The van der Waals surface area contributed by atoms with Crippen LogP contribution in [0.5, 0.6) is 0 Å². The van der Waals surface area contributed by atoms with Gasteiger partial charge >= 0.3 is 5.97 Å². The minimum atomic E-state index is -2.31. The summed E-state index contributed by atoms with van der Waals surface area (Å²) in [6, 6.07) is 8.88. The van der Waals surface area contributed by atoms with Crippen molar-refractivity contribution >= 4 is 28.6 Å². The molecule has 2 aromatic rings. The zero-order valence-electron chi connectivity index (χ0n) is 10.5. The first-order chi connectivity index (χ1) is 8.84. The average molecular weight is 262 g/mol. The van der Waals surface area contributed by atoms with E-state index in [-0.39, 0.29) is 5.82 Å². The molecular weight excluding hydrogens is 248 g/mol. The standard InChI is InChI=1S/C13H14N2O4/c1-8(16)15(13(2,19)12(17)18)11-7-9-5-3-4-6-10(9)14-11/h3-7,14,19H,1-2H3,(H,17,18)/t13-/m1/s1. The van der Waals surface area contributed by atoms with Crippen LogP contribution in [0, 0.1) is 0 Å². The van der Waals surface area contributed by atoms with Gasteiger partial charge in [-0.15, -0.1) is 0 Å². The summed E-state index contributed by atoms with van der Waals surface area (Å²) in [7, 11) is 0. The first-order valence-electron chi connectivity index (χ1n) is 5.68. The van der Waals surface area contributed by atoms with Gasteiger partial charge in [-0.1, -0.05) is 18.2 Å². The Bertz CT molecular complexity index is 612. The molecule has 1 aromatic heterocycles. The van der Waals surface area contributed by atoms with Crippen molar-refractivity contribution in [3.05, 3.63) is 30.3 Å². The number of benzene rings is 1. The zero-order chi connectivity index (χ0) is 14.2. The highest BCUT2D eigenvalue weighted by Crippen LogP contribution is 2.26. The van der Waals surface area contributed by atoms with Crippen molar-refractivity contribution in [2.45, 2.75) is 19.6 Å². The van der Waals surface area contributed by atoms with Crippen LogP contribution >= 0.6 is 0 Å². The number of fused-ring (bicyclic) bond motifs is 1. The number of H-pyrrole nitrogens is 1. The quantitative estimate of drug-likeness (QED) is 0.727. The molecule has 3 N–H and O–H groups in total. The number of aromatic amines is 1. The molecule has 1 aromatic carbocycles. The summed E-state index contributed by atoms with van der Waals surface area (Å²) in [6.07, 6.45) is 0. The number of hydrogen-bond acceptors (Lipinski definition) is 3. The molecular formula is C13H14N2O4. The van der Waals surface area contributed by atoms with Crippen LogP contribution in [0.2, 0.25) is 0 Å². The Morgan fingerprint density at radius 2 is 1.95 bits per heavy atom. The van der Waals surface area contributed by atoms with Crippen LogP contribution in [0.4, 0.5) is 5.82 Å². The summed E-state index contributed by atoms with van der Waals surface area (Å²) >= 11 is 0. The Kier molecular flexibility index (Phi) is 3.03. The monoisotopic (exact) mass is 262 g/mol. The van der Waals surface area contributed by atoms with Gasteiger partial charge in [-0.25, -0.2) is 4.79 Å². The molecule has 0 spiro atoms. The molecule has 0 aliphatic heterocycles. The molecule has 0 radical (unpaired) electrons. The molecule has 19 heavy (non-hydrogen) atoms. The van der Waals surface area contributed by atoms with E-state index in [1.807, 2.05) is 18.2 Å². The third kappa shape index (κ3) is 2.17. The summed E-state index contributed by atoms with van der Waals surface area (Å²) in [5.74, 6) is -1.83. The number of amides is 1. The van der Waals surface area contributed by atoms with Crippen LogP contribution in [0.15, 0.2) is 30.3 Å². The Morgan fingerprint density at radius 3 is 2.47 bits per heavy atom. The summed E-state index contributed by atoms with van der Waals surface area (Å²) in [6.45, 7) is 2.26. The van der Waals surface area contributed by atoms with Gasteiger partial charge in [-0.05, 0) is 19.1 Å². The minimum Gasteiger partial charge on any atom is -0.478 e. The fraction of sp³-hybridized carbons (Fsp3) is 0.231. The number of rotatable bonds is 3. The Hall–Kier alpha value is -2.34. The van der Waals surface area contributed by atoms with E-state index < -0.39 is 17.6 Å². The summed E-state index contributed by atoms with van der Waals surface area (Å²) in [5, 5.41) is 19.8. The maximum Gasteiger partial charge on any atom is 0.357 e. The van der Waals surface area contributed by atoms with Crippen molar-refractivity contribution in [3.63, 3.8) is 0 Å². The molecule has 0 saturated heterocycles. The van der Waals surface area contributed by atoms with Crippen molar-refractivity contribution < 1.29 is 19.8 Å². The normalized spacial score (nSPS) is 14.1. The second-order valence-electron chi connectivity index (χ2n) is 4.42. The predicted molar refractivity (Wildman–Crippen MR) is 69.7 cm³/mol. The first kappa shape index (κ1) is 13.1. The van der Waals surface area contributed by atoms with Crippen LogP contribution in [-0.4, -0.2) is 32.8 Å². The van der Waals surface area contributed by atoms with Gasteiger partial charge < -0.3 is 15.2 Å². The number of carboxylic acid groups (broad SMARTS) is 1. The first-order valence-corrected chi connectivity index (χ1v) is 5.68. The highest BCUT2D eigenvalue weighted by molar-refractivity contribution is 6.00. The lowest BCUT2D eigenvalue weighted by Gasteiger charge is -2.31. The van der Waals surface area contributed by atoms with E-state index in [2.05, 4.69) is 4.98 Å². The molecule has 1 atom stereocenters. The van der Waals surface area contributed by atoms with Crippen LogP contribution in [0.1, 0.15) is 13.8 Å². The third-order valence-electron chi connectivity index (χ3n) is 2.91. The van der Waals surface area contributed by atoms with Gasteiger partial charge in [0.15, 0.2) is 0 Å². The van der Waals surface area contributed by atoms with E-state index >= 15 is 0 Å². The number of carbonyl (C=O) groups excluding carboxylic acids is 1. The van der Waals surface area contributed by atoms with Gasteiger partial charge in [0.2, 0.25) is 11.6 Å². The highest BCUT2D eigenvalue weighted by atomic mass is 16.4. The molecule has 2 rings (SSSR count). The maximum atomic E-state index is 11.7. The van der Waals surface area contributed by atoms with E-state index in [0.717, 1.165) is 22.7 Å². The third-order valence-corrected chi connectivity index (χ3v) is 2.91. The van der Waals surface area contributed by atoms with Gasteiger partial charge in [0.05, 0.1) is 0 Å². The summed E-state index contributed by atoms with van der Waals surface area (Å²) < 4.78 is 0. The fourth-order valence-corrected chi connectivity index (χ4v) is 1.98. The number of anilines is 1. The number of carbonyl (C=O) groups is 2. The van der Waals surface area contributed by atoms with E-state index in [1.54, 1.807) is 12.1 Å². The fourth-order valence-electron chi connectivity index (χ4n) is 1.98. The lowest BCUT2D eigenvalue weighted by molar-refractivity contribution is -0.158. The topological polar surface area (TPSA) is 93.6 Å². The Morgan fingerprint density at radius 1 is 1.32 bits per heavy atom.